The van der Waals surface area contributed by atoms with Crippen LogP contribution in [0, 0.1) is 13.8 Å². The zero-order chi connectivity index (χ0) is 19.4. The number of hydrazine groups is 1. The van der Waals surface area contributed by atoms with Gasteiger partial charge in [0, 0.05) is 10.3 Å². The first-order valence-electron chi connectivity index (χ1n) is 8.22. The standard InChI is InChI=1S/C19H18N4O3S/c1-11-7-8-13(9-12(11)2)27-10-16(24)20-23-19(26)17-14-5-3-4-6-15(14)18(25)22-21-17/h3-9H,10H2,1-2H3,(H,20,24)(H,22,25)(H,23,26). The Hall–Kier alpha value is -3.13. The first kappa shape index (κ1) is 18.7. The van der Waals surface area contributed by atoms with E-state index in [1.807, 2.05) is 32.0 Å². The number of thioether (sulfide) groups is 1. The lowest BCUT2D eigenvalue weighted by Gasteiger charge is -2.09. The minimum atomic E-state index is -0.605. The van der Waals surface area contributed by atoms with Crippen LogP contribution in [-0.4, -0.2) is 27.8 Å². The summed E-state index contributed by atoms with van der Waals surface area (Å²) in [5, 5.41) is 6.84. The summed E-state index contributed by atoms with van der Waals surface area (Å²) in [5.74, 6) is -0.796. The number of nitrogens with zero attached hydrogens (tertiary/aromatic N) is 1. The van der Waals surface area contributed by atoms with Gasteiger partial charge < -0.3 is 0 Å². The number of hydrogen-bond acceptors (Lipinski definition) is 5. The molecular formula is C19H18N4O3S. The molecule has 8 heteroatoms. The largest absolute Gasteiger partial charge is 0.290 e. The maximum absolute atomic E-state index is 12.3. The Bertz CT molecular complexity index is 1080. The van der Waals surface area contributed by atoms with Crippen molar-refractivity contribution in [2.75, 3.05) is 5.75 Å². The normalized spacial score (nSPS) is 10.6. The van der Waals surface area contributed by atoms with E-state index in [9.17, 15) is 14.4 Å². The van der Waals surface area contributed by atoms with Gasteiger partial charge >= 0.3 is 0 Å². The molecule has 1 aromatic heterocycles. The number of nitrogens with one attached hydrogen (secondary N) is 3. The molecule has 3 rings (SSSR count). The van der Waals surface area contributed by atoms with Gasteiger partial charge in [0.05, 0.1) is 11.1 Å². The van der Waals surface area contributed by atoms with Crippen molar-refractivity contribution in [2.24, 2.45) is 0 Å². The average Bonchev–Trinajstić information content (AvgIpc) is 2.67. The molecule has 0 saturated heterocycles. The number of amides is 2. The minimum absolute atomic E-state index is 0.0345. The average molecular weight is 382 g/mol. The van der Waals surface area contributed by atoms with E-state index in [2.05, 4.69) is 21.0 Å². The highest BCUT2D eigenvalue weighted by Crippen LogP contribution is 2.20. The molecule has 0 aliphatic rings. The lowest BCUT2D eigenvalue weighted by Crippen LogP contribution is -2.43. The highest BCUT2D eigenvalue weighted by Gasteiger charge is 2.14. The fourth-order valence-electron chi connectivity index (χ4n) is 2.46. The summed E-state index contributed by atoms with van der Waals surface area (Å²) in [4.78, 5) is 37.1. The fourth-order valence-corrected chi connectivity index (χ4v) is 3.26. The molecule has 0 aliphatic heterocycles. The lowest BCUT2D eigenvalue weighted by atomic mass is 10.1. The Balaban J connectivity index is 1.60. The van der Waals surface area contributed by atoms with Gasteiger partial charge in [-0.15, -0.1) is 11.8 Å². The quantitative estimate of drug-likeness (QED) is 0.473. The molecule has 3 aromatic rings. The van der Waals surface area contributed by atoms with E-state index in [-0.39, 0.29) is 22.9 Å². The summed E-state index contributed by atoms with van der Waals surface area (Å²) in [5.41, 5.74) is 6.70. The number of aromatic amines is 1. The van der Waals surface area contributed by atoms with Gasteiger partial charge in [-0.1, -0.05) is 24.3 Å². The summed E-state index contributed by atoms with van der Waals surface area (Å²) in [6, 6.07) is 12.6. The van der Waals surface area contributed by atoms with Crippen LogP contribution in [0.5, 0.6) is 0 Å². The SMILES string of the molecule is Cc1ccc(SCC(=O)NNC(=O)c2n[nH]c(=O)c3ccccc23)cc1C. The smallest absolute Gasteiger partial charge is 0.272 e. The second-order valence-electron chi connectivity index (χ2n) is 5.98. The number of carbonyl (C=O) groups is 2. The van der Waals surface area contributed by atoms with E-state index in [0.29, 0.717) is 10.8 Å². The number of fused-ring (bicyclic) bond motifs is 1. The number of rotatable bonds is 4. The zero-order valence-electron chi connectivity index (χ0n) is 14.8. The van der Waals surface area contributed by atoms with Crippen molar-refractivity contribution in [1.29, 1.82) is 0 Å². The molecule has 0 bridgehead atoms. The minimum Gasteiger partial charge on any atom is -0.272 e. The second kappa shape index (κ2) is 8.05. The van der Waals surface area contributed by atoms with E-state index in [1.54, 1.807) is 24.3 Å². The van der Waals surface area contributed by atoms with Crippen LogP contribution in [0.2, 0.25) is 0 Å². The summed E-state index contributed by atoms with van der Waals surface area (Å²) >= 11 is 1.38. The molecule has 0 spiro atoms. The summed E-state index contributed by atoms with van der Waals surface area (Å²) < 4.78 is 0. The van der Waals surface area contributed by atoms with Crippen LogP contribution in [0.3, 0.4) is 0 Å². The Morgan fingerprint density at radius 1 is 1.04 bits per heavy atom. The molecule has 0 atom stereocenters. The molecule has 1 heterocycles. The van der Waals surface area contributed by atoms with Crippen molar-refractivity contribution in [2.45, 2.75) is 18.7 Å². The van der Waals surface area contributed by atoms with Crippen LogP contribution in [0.15, 0.2) is 52.2 Å². The predicted octanol–water partition coefficient (Wildman–Crippen LogP) is 2.09. The molecule has 0 radical (unpaired) electrons. The molecule has 27 heavy (non-hydrogen) atoms. The van der Waals surface area contributed by atoms with Gasteiger partial charge in [0.2, 0.25) is 5.91 Å². The third-order valence-electron chi connectivity index (χ3n) is 4.07. The first-order chi connectivity index (χ1) is 13.0. The van der Waals surface area contributed by atoms with Gasteiger partial charge in [-0.3, -0.25) is 25.2 Å². The Kier molecular flexibility index (Phi) is 5.56. The van der Waals surface area contributed by atoms with Crippen molar-refractivity contribution in [3.8, 4) is 0 Å². The summed E-state index contributed by atoms with van der Waals surface area (Å²) in [6.45, 7) is 4.04. The van der Waals surface area contributed by atoms with E-state index in [0.717, 1.165) is 10.5 Å². The van der Waals surface area contributed by atoms with Crippen molar-refractivity contribution < 1.29 is 9.59 Å². The Morgan fingerprint density at radius 3 is 2.52 bits per heavy atom. The topological polar surface area (TPSA) is 104 Å². The van der Waals surface area contributed by atoms with Crippen LogP contribution >= 0.6 is 11.8 Å². The maximum atomic E-state index is 12.3. The van der Waals surface area contributed by atoms with E-state index < -0.39 is 5.91 Å². The second-order valence-corrected chi connectivity index (χ2v) is 7.03. The predicted molar refractivity (Wildman–Crippen MR) is 105 cm³/mol. The van der Waals surface area contributed by atoms with Gasteiger partial charge in [-0.2, -0.15) is 5.10 Å². The van der Waals surface area contributed by atoms with Crippen molar-refractivity contribution >= 4 is 34.3 Å². The molecule has 0 unspecified atom stereocenters. The number of aromatic nitrogens is 2. The van der Waals surface area contributed by atoms with Crippen LogP contribution in [0.1, 0.15) is 21.6 Å². The molecule has 2 aromatic carbocycles. The summed E-state index contributed by atoms with van der Waals surface area (Å²) in [6.07, 6.45) is 0. The van der Waals surface area contributed by atoms with Crippen LogP contribution in [0.25, 0.3) is 10.8 Å². The fraction of sp³-hybridized carbons (Fsp3) is 0.158. The molecule has 0 fully saturated rings. The molecule has 7 nitrogen and oxygen atoms in total. The van der Waals surface area contributed by atoms with E-state index in [1.165, 1.54) is 17.3 Å². The number of aryl methyl sites for hydroxylation is 2. The number of hydrogen-bond donors (Lipinski definition) is 3. The molecule has 0 saturated carbocycles. The van der Waals surface area contributed by atoms with Gasteiger partial charge in [-0.05, 0) is 43.2 Å². The Morgan fingerprint density at radius 2 is 1.78 bits per heavy atom. The molecular weight excluding hydrogens is 364 g/mol. The van der Waals surface area contributed by atoms with Crippen molar-refractivity contribution in [3.05, 3.63) is 69.6 Å². The highest BCUT2D eigenvalue weighted by molar-refractivity contribution is 8.00. The monoisotopic (exact) mass is 382 g/mol. The Labute approximate surface area is 159 Å². The van der Waals surface area contributed by atoms with E-state index >= 15 is 0 Å². The van der Waals surface area contributed by atoms with Crippen LogP contribution in [-0.2, 0) is 4.79 Å². The molecule has 3 N–H and O–H groups in total. The van der Waals surface area contributed by atoms with Gasteiger partial charge in [0.25, 0.3) is 11.5 Å². The van der Waals surface area contributed by atoms with Crippen molar-refractivity contribution in [3.63, 3.8) is 0 Å². The third-order valence-corrected chi connectivity index (χ3v) is 5.07. The van der Waals surface area contributed by atoms with Gasteiger partial charge in [-0.25, -0.2) is 5.10 Å². The van der Waals surface area contributed by atoms with E-state index in [4.69, 9.17) is 0 Å². The molecule has 2 amide bonds. The van der Waals surface area contributed by atoms with Gasteiger partial charge in [0.15, 0.2) is 5.69 Å². The number of benzene rings is 2. The van der Waals surface area contributed by atoms with Crippen LogP contribution < -0.4 is 16.4 Å². The zero-order valence-corrected chi connectivity index (χ0v) is 15.6. The van der Waals surface area contributed by atoms with Crippen LogP contribution in [0.4, 0.5) is 0 Å². The maximum Gasteiger partial charge on any atom is 0.290 e. The number of carbonyl (C=O) groups excluding carboxylic acids is 2. The lowest BCUT2D eigenvalue weighted by molar-refractivity contribution is -0.119. The van der Waals surface area contributed by atoms with Crippen molar-refractivity contribution in [1.82, 2.24) is 21.0 Å². The van der Waals surface area contributed by atoms with Gasteiger partial charge in [0.1, 0.15) is 0 Å². The third kappa shape index (κ3) is 4.35. The first-order valence-corrected chi connectivity index (χ1v) is 9.21. The molecule has 138 valence electrons. The summed E-state index contributed by atoms with van der Waals surface area (Å²) in [7, 11) is 0. The molecule has 0 aliphatic carbocycles. The highest BCUT2D eigenvalue weighted by atomic mass is 32.2. The number of H-pyrrole nitrogens is 1.